The molecule has 3 fully saturated rings. The average molecular weight is 461 g/mol. The maximum absolute atomic E-state index is 10.3. The Morgan fingerprint density at radius 3 is 2.64 bits per heavy atom. The van der Waals surface area contributed by atoms with E-state index in [4.69, 9.17) is 4.84 Å². The Balaban J connectivity index is 1.41. The van der Waals surface area contributed by atoms with Crippen molar-refractivity contribution >= 4 is 5.71 Å². The normalized spacial score (nSPS) is 41.8. The van der Waals surface area contributed by atoms with Crippen molar-refractivity contribution in [2.45, 2.75) is 98.2 Å². The molecule has 0 aromatic heterocycles. The Morgan fingerprint density at radius 1 is 1.15 bits per heavy atom. The van der Waals surface area contributed by atoms with Gasteiger partial charge in [0, 0.05) is 12.5 Å². The van der Waals surface area contributed by atoms with E-state index in [1.54, 1.807) is 5.57 Å². The lowest BCUT2D eigenvalue weighted by Crippen LogP contribution is -2.50. The number of hydrogen-bond donors (Lipinski definition) is 2. The van der Waals surface area contributed by atoms with Gasteiger partial charge in [0.05, 0.1) is 11.8 Å². The van der Waals surface area contributed by atoms with E-state index in [1.807, 2.05) is 0 Å². The molecule has 4 aliphatic carbocycles. The third kappa shape index (κ3) is 4.67. The molecule has 5 heteroatoms. The quantitative estimate of drug-likeness (QED) is 0.303. The van der Waals surface area contributed by atoms with Gasteiger partial charge < -0.3 is 20.0 Å². The van der Waals surface area contributed by atoms with E-state index < -0.39 is 6.10 Å². The molecule has 0 aliphatic heterocycles. The van der Waals surface area contributed by atoms with Crippen LogP contribution in [-0.2, 0) is 4.84 Å². The monoisotopic (exact) mass is 460 g/mol. The second-order valence-electron chi connectivity index (χ2n) is 12.0. The molecule has 0 aromatic rings. The Kier molecular flexibility index (Phi) is 7.62. The number of hydrogen-bond acceptors (Lipinski definition) is 5. The van der Waals surface area contributed by atoms with Crippen LogP contribution in [0.15, 0.2) is 16.8 Å². The molecule has 0 amide bonds. The van der Waals surface area contributed by atoms with Gasteiger partial charge in [0.1, 0.15) is 12.7 Å². The third-order valence-electron chi connectivity index (χ3n) is 10.4. The fraction of sp³-hybridized carbons (Fsp3) is 0.893. The molecule has 0 aromatic carbocycles. The number of likely N-dealkylation sites (N-methyl/N-ethyl adjacent to an activating group) is 1. The molecule has 0 bridgehead atoms. The van der Waals surface area contributed by atoms with Gasteiger partial charge in [0.2, 0.25) is 0 Å². The van der Waals surface area contributed by atoms with Gasteiger partial charge in [-0.05, 0) is 100.0 Å². The van der Waals surface area contributed by atoms with E-state index in [1.165, 1.54) is 32.1 Å². The van der Waals surface area contributed by atoms with E-state index in [0.717, 1.165) is 55.8 Å². The summed E-state index contributed by atoms with van der Waals surface area (Å²) in [5, 5.41) is 25.1. The molecule has 33 heavy (non-hydrogen) atoms. The minimum absolute atomic E-state index is 0.130. The third-order valence-corrected chi connectivity index (χ3v) is 10.4. The van der Waals surface area contributed by atoms with E-state index in [0.29, 0.717) is 23.3 Å². The van der Waals surface area contributed by atoms with Crippen LogP contribution < -0.4 is 0 Å². The van der Waals surface area contributed by atoms with Crippen molar-refractivity contribution in [1.29, 1.82) is 0 Å². The number of fused-ring (bicyclic) bond motifs is 5. The van der Waals surface area contributed by atoms with Crippen molar-refractivity contribution in [3.8, 4) is 0 Å². The summed E-state index contributed by atoms with van der Waals surface area (Å²) in [4.78, 5) is 7.88. The van der Waals surface area contributed by atoms with Gasteiger partial charge in [0.25, 0.3) is 0 Å². The summed E-state index contributed by atoms with van der Waals surface area (Å²) in [6, 6.07) is 0. The first-order valence-electron chi connectivity index (χ1n) is 13.7. The molecule has 4 rings (SSSR count). The molecule has 5 nitrogen and oxygen atoms in total. The van der Waals surface area contributed by atoms with Crippen molar-refractivity contribution < 1.29 is 15.1 Å². The van der Waals surface area contributed by atoms with Crippen molar-refractivity contribution in [3.63, 3.8) is 0 Å². The van der Waals surface area contributed by atoms with E-state index in [9.17, 15) is 10.2 Å². The zero-order valence-corrected chi connectivity index (χ0v) is 21.7. The Labute approximate surface area is 201 Å². The summed E-state index contributed by atoms with van der Waals surface area (Å²) in [6.45, 7) is 14.2. The van der Waals surface area contributed by atoms with E-state index in [-0.39, 0.29) is 12.7 Å². The summed E-state index contributed by atoms with van der Waals surface area (Å²) >= 11 is 0. The van der Waals surface area contributed by atoms with Crippen molar-refractivity contribution in [2.75, 3.05) is 26.2 Å². The van der Waals surface area contributed by atoms with Crippen LogP contribution in [0, 0.1) is 34.5 Å². The van der Waals surface area contributed by atoms with Gasteiger partial charge in [0.15, 0.2) is 0 Å². The Bertz CT molecular complexity index is 747. The molecule has 3 saturated carbocycles. The molecular weight excluding hydrogens is 412 g/mol. The van der Waals surface area contributed by atoms with Crippen molar-refractivity contribution in [3.05, 3.63) is 11.6 Å². The lowest BCUT2D eigenvalue weighted by atomic mass is 9.47. The van der Waals surface area contributed by atoms with Crippen LogP contribution in [0.5, 0.6) is 0 Å². The van der Waals surface area contributed by atoms with E-state index >= 15 is 0 Å². The highest BCUT2D eigenvalue weighted by molar-refractivity contribution is 5.85. The van der Waals surface area contributed by atoms with Crippen LogP contribution in [0.4, 0.5) is 0 Å². The van der Waals surface area contributed by atoms with Crippen LogP contribution in [-0.4, -0.2) is 59.3 Å². The van der Waals surface area contributed by atoms with Gasteiger partial charge in [-0.15, -0.1) is 0 Å². The molecule has 188 valence electrons. The van der Waals surface area contributed by atoms with Gasteiger partial charge in [-0.25, -0.2) is 0 Å². The first kappa shape index (κ1) is 25.2. The summed E-state index contributed by atoms with van der Waals surface area (Å²) in [5.74, 6) is 2.77. The highest BCUT2D eigenvalue weighted by atomic mass is 16.6. The minimum atomic E-state index is -0.498. The summed E-state index contributed by atoms with van der Waals surface area (Å²) in [7, 11) is 0. The van der Waals surface area contributed by atoms with Crippen molar-refractivity contribution in [2.24, 2.45) is 39.7 Å². The van der Waals surface area contributed by atoms with Crippen LogP contribution >= 0.6 is 0 Å². The number of oxime groups is 1. The van der Waals surface area contributed by atoms with Crippen molar-refractivity contribution in [1.82, 2.24) is 4.90 Å². The van der Waals surface area contributed by atoms with Crippen LogP contribution in [0.25, 0.3) is 0 Å². The molecular formula is C28H48N2O3. The molecule has 8 unspecified atom stereocenters. The number of aliphatic hydroxyl groups is 2. The fourth-order valence-electron chi connectivity index (χ4n) is 8.45. The molecule has 0 spiro atoms. The van der Waals surface area contributed by atoms with Crippen LogP contribution in [0.2, 0.25) is 0 Å². The van der Waals surface area contributed by atoms with Crippen LogP contribution in [0.3, 0.4) is 0 Å². The number of allylic oxidation sites excluding steroid dienone is 1. The zero-order chi connectivity index (χ0) is 23.8. The van der Waals surface area contributed by atoms with Gasteiger partial charge >= 0.3 is 0 Å². The topological polar surface area (TPSA) is 65.3 Å². The molecule has 8 atom stereocenters. The Morgan fingerprint density at radius 2 is 1.91 bits per heavy atom. The standard InChI is InChI=1S/C28H48N2O3/c1-6-30(7-2)17-22(32)18-33-29-19(3)24-10-11-25-23-9-8-20-16-21(31)12-14-27(20,4)26(23)13-15-28(24,25)5/h8,21-26,31-32H,6-7,9-18H2,1-5H3/b29-19-. The number of nitrogens with zero attached hydrogens (tertiary/aromatic N) is 2. The second-order valence-corrected chi connectivity index (χ2v) is 12.0. The maximum Gasteiger partial charge on any atom is 0.144 e. The fourth-order valence-corrected chi connectivity index (χ4v) is 8.45. The summed E-state index contributed by atoms with van der Waals surface area (Å²) < 4.78 is 0. The number of rotatable bonds is 8. The molecule has 0 saturated heterocycles. The summed E-state index contributed by atoms with van der Waals surface area (Å²) in [5.41, 5.74) is 3.27. The lowest BCUT2D eigenvalue weighted by molar-refractivity contribution is -0.0429. The lowest BCUT2D eigenvalue weighted by Gasteiger charge is -2.58. The van der Waals surface area contributed by atoms with Gasteiger partial charge in [-0.3, -0.25) is 0 Å². The van der Waals surface area contributed by atoms with E-state index in [2.05, 4.69) is 50.8 Å². The average Bonchev–Trinajstić information content (AvgIpc) is 3.15. The van der Waals surface area contributed by atoms with Crippen LogP contribution in [0.1, 0.15) is 86.0 Å². The van der Waals surface area contributed by atoms with Gasteiger partial charge in [-0.2, -0.15) is 0 Å². The SMILES string of the molecule is CCN(CC)CC(O)CO/N=C(/C)C1CCC2C3CC=C4CC(O)CCC4(C)C3CCC12C. The predicted molar refractivity (Wildman–Crippen MR) is 134 cm³/mol. The molecule has 4 aliphatic rings. The van der Waals surface area contributed by atoms with Gasteiger partial charge in [-0.1, -0.05) is 44.5 Å². The first-order valence-corrected chi connectivity index (χ1v) is 13.7. The predicted octanol–water partition coefficient (Wildman–Crippen LogP) is 5.02. The summed E-state index contributed by atoms with van der Waals surface area (Å²) in [6.07, 6.45) is 11.2. The Hall–Kier alpha value is -0.910. The molecule has 0 heterocycles. The second kappa shape index (κ2) is 9.99. The molecule has 0 radical (unpaired) electrons. The highest BCUT2D eigenvalue weighted by Gasteiger charge is 2.59. The number of aliphatic hydroxyl groups excluding tert-OH is 2. The zero-order valence-electron chi connectivity index (χ0n) is 21.7. The maximum atomic E-state index is 10.3. The smallest absolute Gasteiger partial charge is 0.144 e. The minimum Gasteiger partial charge on any atom is -0.393 e. The largest absolute Gasteiger partial charge is 0.393 e. The first-order chi connectivity index (χ1) is 15.7. The highest BCUT2D eigenvalue weighted by Crippen LogP contribution is 2.66. The molecule has 2 N–H and O–H groups in total.